The largest absolute Gasteiger partial charge is 0.497 e. The first-order chi connectivity index (χ1) is 14.3. The van der Waals surface area contributed by atoms with Gasteiger partial charge in [-0.15, -0.1) is 0 Å². The number of alkyl halides is 1. The molecule has 0 aliphatic carbocycles. The Morgan fingerprint density at radius 3 is 2.35 bits per heavy atom. The molecule has 1 aliphatic rings. The van der Waals surface area contributed by atoms with Gasteiger partial charge in [-0.05, 0) is 68.4 Å². The van der Waals surface area contributed by atoms with E-state index in [1.54, 1.807) is 7.11 Å². The van der Waals surface area contributed by atoms with Crippen molar-refractivity contribution in [1.82, 2.24) is 0 Å². The van der Waals surface area contributed by atoms with Crippen LogP contribution < -0.4 is 4.74 Å². The first-order valence-electron chi connectivity index (χ1n) is 11.5. The van der Waals surface area contributed by atoms with Crippen molar-refractivity contribution >= 4 is 30.9 Å². The SMILES string of the molecule is COc1ccc(CO[C@@H](C)[C@H]2CC[C@](C)(C(I)[C@@H](C)CO[Si](C)(C)C(C)(C)C)O2)cc1. The molecular weight excluding hydrogens is 519 g/mol. The summed E-state index contributed by atoms with van der Waals surface area (Å²) in [5.41, 5.74) is 1.01. The first-order valence-corrected chi connectivity index (χ1v) is 15.6. The van der Waals surface area contributed by atoms with Gasteiger partial charge in [0, 0.05) is 10.5 Å². The normalized spacial score (nSPS) is 25.3. The molecule has 4 nitrogen and oxygen atoms in total. The van der Waals surface area contributed by atoms with Crippen molar-refractivity contribution in [2.45, 2.75) is 101 Å². The average Bonchev–Trinajstić information content (AvgIpc) is 3.12. The van der Waals surface area contributed by atoms with Crippen molar-refractivity contribution in [2.75, 3.05) is 13.7 Å². The number of rotatable bonds is 10. The molecule has 1 saturated heterocycles. The second-order valence-electron chi connectivity index (χ2n) is 10.8. The highest BCUT2D eigenvalue weighted by atomic mass is 127. The van der Waals surface area contributed by atoms with E-state index in [-0.39, 0.29) is 22.8 Å². The van der Waals surface area contributed by atoms with Crippen molar-refractivity contribution in [3.8, 4) is 5.75 Å². The quantitative estimate of drug-likeness (QED) is 0.175. The minimum atomic E-state index is -1.73. The third-order valence-corrected chi connectivity index (χ3v) is 14.2. The predicted octanol–water partition coefficient (Wildman–Crippen LogP) is 7.00. The van der Waals surface area contributed by atoms with Gasteiger partial charge in [-0.1, -0.05) is 62.4 Å². The van der Waals surface area contributed by atoms with Crippen molar-refractivity contribution in [3.05, 3.63) is 29.8 Å². The maximum absolute atomic E-state index is 6.62. The lowest BCUT2D eigenvalue weighted by atomic mass is 9.91. The average molecular weight is 563 g/mol. The van der Waals surface area contributed by atoms with Crippen LogP contribution in [0.5, 0.6) is 5.75 Å². The van der Waals surface area contributed by atoms with Crippen molar-refractivity contribution in [2.24, 2.45) is 5.92 Å². The first kappa shape index (κ1) is 27.1. The summed E-state index contributed by atoms with van der Waals surface area (Å²) < 4.78 is 24.9. The second kappa shape index (κ2) is 10.8. The number of benzene rings is 1. The van der Waals surface area contributed by atoms with Gasteiger partial charge in [0.2, 0.25) is 0 Å². The lowest BCUT2D eigenvalue weighted by Gasteiger charge is -2.39. The van der Waals surface area contributed by atoms with Crippen molar-refractivity contribution in [3.63, 3.8) is 0 Å². The second-order valence-corrected chi connectivity index (χ2v) is 17.0. The van der Waals surface area contributed by atoms with Gasteiger partial charge in [0.05, 0.1) is 31.5 Å². The minimum absolute atomic E-state index is 0.0614. The molecule has 0 spiro atoms. The Kier molecular flexibility index (Phi) is 9.48. The Morgan fingerprint density at radius 1 is 1.19 bits per heavy atom. The number of methoxy groups -OCH3 is 1. The highest BCUT2D eigenvalue weighted by Crippen LogP contribution is 2.42. The molecule has 6 heteroatoms. The van der Waals surface area contributed by atoms with Gasteiger partial charge >= 0.3 is 0 Å². The van der Waals surface area contributed by atoms with Crippen LogP contribution in [-0.4, -0.2) is 43.8 Å². The Hall–Kier alpha value is -0.153. The lowest BCUT2D eigenvalue weighted by molar-refractivity contribution is -0.102. The molecule has 1 heterocycles. The fraction of sp³-hybridized carbons (Fsp3) is 0.760. The summed E-state index contributed by atoms with van der Waals surface area (Å²) in [5.74, 6) is 1.31. The molecule has 1 aliphatic heterocycles. The van der Waals surface area contributed by atoms with Crippen LogP contribution in [0.15, 0.2) is 24.3 Å². The van der Waals surface area contributed by atoms with Gasteiger partial charge in [0.1, 0.15) is 5.75 Å². The van der Waals surface area contributed by atoms with Crippen LogP contribution in [0.2, 0.25) is 18.1 Å². The van der Waals surface area contributed by atoms with Crippen LogP contribution in [0.3, 0.4) is 0 Å². The summed E-state index contributed by atoms with van der Waals surface area (Å²) in [4.78, 5) is 0. The van der Waals surface area contributed by atoms with E-state index in [1.165, 1.54) is 0 Å². The molecule has 0 amide bonds. The summed E-state index contributed by atoms with van der Waals surface area (Å²) in [6.07, 6.45) is 2.29. The topological polar surface area (TPSA) is 36.9 Å². The van der Waals surface area contributed by atoms with E-state index in [0.29, 0.717) is 16.4 Å². The standard InChI is InChI=1S/C25H43IO4Si/c1-18(16-29-31(8,9)24(3,4)5)23(26)25(6)15-14-22(30-25)19(2)28-17-20-10-12-21(27-7)13-11-20/h10-13,18-19,22-23H,14-17H2,1-9H3/t18-,19-,22+,23?,25+/m0/s1. The summed E-state index contributed by atoms with van der Waals surface area (Å²) in [5, 5.41) is 0.239. The molecule has 1 aromatic rings. The van der Waals surface area contributed by atoms with E-state index in [4.69, 9.17) is 18.6 Å². The highest BCUT2D eigenvalue weighted by Gasteiger charge is 2.46. The molecule has 0 saturated carbocycles. The number of ether oxygens (including phenoxy) is 3. The minimum Gasteiger partial charge on any atom is -0.497 e. The van der Waals surface area contributed by atoms with E-state index in [1.807, 2.05) is 12.1 Å². The Balaban J connectivity index is 1.86. The summed E-state index contributed by atoms with van der Waals surface area (Å²) in [6.45, 7) is 19.6. The van der Waals surface area contributed by atoms with E-state index >= 15 is 0 Å². The van der Waals surface area contributed by atoms with Crippen LogP contribution in [0.1, 0.15) is 59.9 Å². The van der Waals surface area contributed by atoms with Gasteiger partial charge in [-0.25, -0.2) is 0 Å². The van der Waals surface area contributed by atoms with Crippen LogP contribution in [-0.2, 0) is 20.5 Å². The zero-order chi connectivity index (χ0) is 23.4. The number of hydrogen-bond donors (Lipinski definition) is 0. The van der Waals surface area contributed by atoms with Crippen molar-refractivity contribution in [1.29, 1.82) is 0 Å². The fourth-order valence-electron chi connectivity index (χ4n) is 3.73. The Morgan fingerprint density at radius 2 is 1.81 bits per heavy atom. The molecule has 1 aromatic carbocycles. The van der Waals surface area contributed by atoms with E-state index in [0.717, 1.165) is 30.8 Å². The molecule has 0 aromatic heterocycles. The third kappa shape index (κ3) is 7.16. The van der Waals surface area contributed by atoms with Gasteiger partial charge in [-0.3, -0.25) is 0 Å². The molecule has 31 heavy (non-hydrogen) atoms. The summed E-state index contributed by atoms with van der Waals surface area (Å²) in [6, 6.07) is 8.05. The fourth-order valence-corrected chi connectivity index (χ4v) is 5.50. The zero-order valence-corrected chi connectivity index (χ0v) is 24.1. The molecule has 0 N–H and O–H groups in total. The highest BCUT2D eigenvalue weighted by molar-refractivity contribution is 14.1. The maximum atomic E-state index is 6.62. The molecule has 5 atom stereocenters. The van der Waals surface area contributed by atoms with E-state index in [2.05, 4.69) is 89.4 Å². The molecular formula is C25H43IO4Si. The zero-order valence-electron chi connectivity index (χ0n) is 21.0. The number of halogens is 1. The van der Waals surface area contributed by atoms with Gasteiger partial charge in [0.15, 0.2) is 8.32 Å². The Labute approximate surface area is 205 Å². The molecule has 1 unspecified atom stereocenters. The van der Waals surface area contributed by atoms with Crippen LogP contribution in [0.25, 0.3) is 0 Å². The maximum Gasteiger partial charge on any atom is 0.191 e. The van der Waals surface area contributed by atoms with Crippen LogP contribution >= 0.6 is 22.6 Å². The molecule has 178 valence electrons. The van der Waals surface area contributed by atoms with Crippen molar-refractivity contribution < 1.29 is 18.6 Å². The van der Waals surface area contributed by atoms with Crippen LogP contribution in [0, 0.1) is 5.92 Å². The number of hydrogen-bond acceptors (Lipinski definition) is 4. The van der Waals surface area contributed by atoms with Gasteiger partial charge < -0.3 is 18.6 Å². The molecule has 1 fully saturated rings. The van der Waals surface area contributed by atoms with Gasteiger partial charge in [-0.2, -0.15) is 0 Å². The van der Waals surface area contributed by atoms with Gasteiger partial charge in [0.25, 0.3) is 0 Å². The summed E-state index contributed by atoms with van der Waals surface area (Å²) >= 11 is 2.59. The monoisotopic (exact) mass is 562 g/mol. The third-order valence-electron chi connectivity index (χ3n) is 7.14. The predicted molar refractivity (Wildman–Crippen MR) is 140 cm³/mol. The van der Waals surface area contributed by atoms with E-state index < -0.39 is 8.32 Å². The smallest absolute Gasteiger partial charge is 0.191 e. The summed E-state index contributed by atoms with van der Waals surface area (Å²) in [7, 11) is -0.0466. The Bertz CT molecular complexity index is 688. The molecule has 0 bridgehead atoms. The molecule has 0 radical (unpaired) electrons. The lowest BCUT2D eigenvalue weighted by Crippen LogP contribution is -2.45. The van der Waals surface area contributed by atoms with E-state index in [9.17, 15) is 0 Å². The molecule has 2 rings (SSSR count). The van der Waals surface area contributed by atoms with Crippen LogP contribution in [0.4, 0.5) is 0 Å².